The van der Waals surface area contributed by atoms with Gasteiger partial charge in [0.05, 0.1) is 5.69 Å². The van der Waals surface area contributed by atoms with Crippen LogP contribution in [0.3, 0.4) is 0 Å². The number of aryl methyl sites for hydroxylation is 1. The minimum absolute atomic E-state index is 0.0561. The van der Waals surface area contributed by atoms with Crippen LogP contribution in [0.15, 0.2) is 48.5 Å². The molecule has 2 heterocycles. The highest BCUT2D eigenvalue weighted by Crippen LogP contribution is 2.31. The number of anilines is 1. The second kappa shape index (κ2) is 7.07. The van der Waals surface area contributed by atoms with Gasteiger partial charge in [0, 0.05) is 43.6 Å². The minimum atomic E-state index is 0.0561. The second-order valence-corrected chi connectivity index (χ2v) is 8.10. The number of carbonyl (C=O) groups is 1. The molecule has 0 bridgehead atoms. The molecule has 0 N–H and O–H groups in total. The van der Waals surface area contributed by atoms with Crippen molar-refractivity contribution in [2.24, 2.45) is 0 Å². The zero-order valence-corrected chi connectivity index (χ0v) is 17.1. The Labute approximate surface area is 171 Å². The van der Waals surface area contributed by atoms with Crippen LogP contribution in [0.1, 0.15) is 39.3 Å². The molecule has 1 aliphatic heterocycles. The summed E-state index contributed by atoms with van der Waals surface area (Å²) in [5, 5.41) is 4.86. The third-order valence-electron chi connectivity index (χ3n) is 6.23. The van der Waals surface area contributed by atoms with Gasteiger partial charge in [-0.05, 0) is 49.4 Å². The summed E-state index contributed by atoms with van der Waals surface area (Å²) in [6.45, 7) is 4.26. The summed E-state index contributed by atoms with van der Waals surface area (Å²) in [5.41, 5.74) is 7.64. The Bertz CT molecular complexity index is 1080. The van der Waals surface area contributed by atoms with Gasteiger partial charge in [-0.3, -0.25) is 4.79 Å². The third kappa shape index (κ3) is 3.01. The van der Waals surface area contributed by atoms with Crippen LogP contribution in [0.5, 0.6) is 0 Å². The highest BCUT2D eigenvalue weighted by atomic mass is 16.2. The number of nitrogens with zero attached hydrogens (tertiary/aromatic N) is 4. The van der Waals surface area contributed by atoms with Crippen molar-refractivity contribution in [1.29, 1.82) is 0 Å². The SMILES string of the molecule is Cc1ccccc1-n1nc(C(=O)N2CCN(C)c3ccccc3C2)c2c1CCC2. The minimum Gasteiger partial charge on any atom is -0.373 e. The molecule has 0 spiro atoms. The quantitative estimate of drug-likeness (QED) is 0.673. The molecule has 1 aromatic heterocycles. The van der Waals surface area contributed by atoms with E-state index in [1.165, 1.54) is 22.5 Å². The van der Waals surface area contributed by atoms with Crippen LogP contribution in [0.2, 0.25) is 0 Å². The molecule has 0 fully saturated rings. The summed E-state index contributed by atoms with van der Waals surface area (Å²) >= 11 is 0. The van der Waals surface area contributed by atoms with Gasteiger partial charge in [-0.1, -0.05) is 36.4 Å². The monoisotopic (exact) mass is 386 g/mol. The number of benzene rings is 2. The number of likely N-dealkylation sites (N-methyl/N-ethyl adjacent to an activating group) is 1. The Morgan fingerprint density at radius 2 is 1.72 bits per heavy atom. The molecule has 2 aromatic carbocycles. The number of carbonyl (C=O) groups excluding carboxylic acids is 1. The van der Waals surface area contributed by atoms with Crippen LogP contribution in [-0.2, 0) is 19.4 Å². The number of fused-ring (bicyclic) bond motifs is 2. The van der Waals surface area contributed by atoms with Gasteiger partial charge in [0.1, 0.15) is 0 Å². The summed E-state index contributed by atoms with van der Waals surface area (Å²) < 4.78 is 2.02. The molecule has 5 nitrogen and oxygen atoms in total. The number of rotatable bonds is 2. The van der Waals surface area contributed by atoms with Crippen LogP contribution in [0, 0.1) is 6.92 Å². The standard InChI is InChI=1S/C24H26N4O/c1-17-8-3-5-11-20(17)28-22-13-7-10-19(22)23(25-28)24(29)27-15-14-26(2)21-12-6-4-9-18(21)16-27/h3-6,8-9,11-12H,7,10,13-16H2,1-2H3. The Kier molecular flexibility index (Phi) is 4.38. The van der Waals surface area contributed by atoms with Gasteiger partial charge in [0.25, 0.3) is 5.91 Å². The summed E-state index contributed by atoms with van der Waals surface area (Å²) in [5.74, 6) is 0.0561. The van der Waals surface area contributed by atoms with Crippen molar-refractivity contribution in [2.75, 3.05) is 25.0 Å². The van der Waals surface area contributed by atoms with Gasteiger partial charge in [0.2, 0.25) is 0 Å². The number of hydrogen-bond donors (Lipinski definition) is 0. The lowest BCUT2D eigenvalue weighted by Crippen LogP contribution is -2.35. The summed E-state index contributed by atoms with van der Waals surface area (Å²) in [6, 6.07) is 16.6. The fourth-order valence-corrected chi connectivity index (χ4v) is 4.63. The van der Waals surface area contributed by atoms with Gasteiger partial charge in [-0.2, -0.15) is 5.10 Å². The number of para-hydroxylation sites is 2. The van der Waals surface area contributed by atoms with Gasteiger partial charge in [0.15, 0.2) is 5.69 Å². The zero-order chi connectivity index (χ0) is 20.0. The Hall–Kier alpha value is -3.08. The molecule has 5 rings (SSSR count). The predicted molar refractivity (Wildman–Crippen MR) is 115 cm³/mol. The van der Waals surface area contributed by atoms with Crippen LogP contribution in [0.4, 0.5) is 5.69 Å². The molecule has 5 heteroatoms. The molecule has 0 unspecified atom stereocenters. The molecular formula is C24H26N4O. The first-order chi connectivity index (χ1) is 14.1. The van der Waals surface area contributed by atoms with E-state index in [0.717, 1.165) is 37.1 Å². The molecule has 1 aliphatic carbocycles. The molecule has 2 aliphatic rings. The maximum atomic E-state index is 13.6. The maximum absolute atomic E-state index is 13.6. The Balaban J connectivity index is 1.53. The van der Waals surface area contributed by atoms with Gasteiger partial charge >= 0.3 is 0 Å². The van der Waals surface area contributed by atoms with Crippen molar-refractivity contribution in [3.8, 4) is 5.69 Å². The molecule has 0 saturated carbocycles. The lowest BCUT2D eigenvalue weighted by molar-refractivity contribution is 0.0744. The Morgan fingerprint density at radius 1 is 0.966 bits per heavy atom. The molecule has 0 atom stereocenters. The summed E-state index contributed by atoms with van der Waals surface area (Å²) in [4.78, 5) is 17.8. The third-order valence-corrected chi connectivity index (χ3v) is 6.23. The molecule has 148 valence electrons. The van der Waals surface area contributed by atoms with E-state index in [1.54, 1.807) is 0 Å². The van der Waals surface area contributed by atoms with Crippen molar-refractivity contribution < 1.29 is 4.79 Å². The predicted octanol–water partition coefficient (Wildman–Crippen LogP) is 3.76. The summed E-state index contributed by atoms with van der Waals surface area (Å²) in [6.07, 6.45) is 3.01. The van der Waals surface area contributed by atoms with Crippen molar-refractivity contribution in [3.05, 3.63) is 76.6 Å². The number of amides is 1. The van der Waals surface area contributed by atoms with E-state index in [1.807, 2.05) is 27.8 Å². The van der Waals surface area contributed by atoms with Crippen LogP contribution >= 0.6 is 0 Å². The first-order valence-electron chi connectivity index (χ1n) is 10.4. The van der Waals surface area contributed by atoms with Crippen LogP contribution < -0.4 is 4.90 Å². The van der Waals surface area contributed by atoms with E-state index >= 15 is 0 Å². The summed E-state index contributed by atoms with van der Waals surface area (Å²) in [7, 11) is 2.09. The topological polar surface area (TPSA) is 41.4 Å². The normalized spacial score (nSPS) is 15.8. The second-order valence-electron chi connectivity index (χ2n) is 8.10. The highest BCUT2D eigenvalue weighted by Gasteiger charge is 2.31. The van der Waals surface area contributed by atoms with Crippen molar-refractivity contribution in [2.45, 2.75) is 32.7 Å². The number of hydrogen-bond acceptors (Lipinski definition) is 3. The van der Waals surface area contributed by atoms with E-state index in [9.17, 15) is 4.79 Å². The average molecular weight is 386 g/mol. The first-order valence-corrected chi connectivity index (χ1v) is 10.4. The van der Waals surface area contributed by atoms with Crippen molar-refractivity contribution in [1.82, 2.24) is 14.7 Å². The zero-order valence-electron chi connectivity index (χ0n) is 17.1. The molecule has 1 amide bonds. The van der Waals surface area contributed by atoms with E-state index in [-0.39, 0.29) is 5.91 Å². The lowest BCUT2D eigenvalue weighted by atomic mass is 10.1. The van der Waals surface area contributed by atoms with E-state index < -0.39 is 0 Å². The van der Waals surface area contributed by atoms with Crippen LogP contribution in [-0.4, -0.2) is 40.7 Å². The van der Waals surface area contributed by atoms with E-state index in [2.05, 4.69) is 49.2 Å². The maximum Gasteiger partial charge on any atom is 0.275 e. The largest absolute Gasteiger partial charge is 0.373 e. The lowest BCUT2D eigenvalue weighted by Gasteiger charge is -2.20. The van der Waals surface area contributed by atoms with Gasteiger partial charge < -0.3 is 9.80 Å². The van der Waals surface area contributed by atoms with E-state index in [0.29, 0.717) is 18.8 Å². The van der Waals surface area contributed by atoms with Crippen molar-refractivity contribution >= 4 is 11.6 Å². The molecular weight excluding hydrogens is 360 g/mol. The van der Waals surface area contributed by atoms with Crippen molar-refractivity contribution in [3.63, 3.8) is 0 Å². The smallest absolute Gasteiger partial charge is 0.275 e. The van der Waals surface area contributed by atoms with Gasteiger partial charge in [-0.15, -0.1) is 0 Å². The highest BCUT2D eigenvalue weighted by molar-refractivity contribution is 5.94. The van der Waals surface area contributed by atoms with Crippen LogP contribution in [0.25, 0.3) is 5.69 Å². The van der Waals surface area contributed by atoms with Gasteiger partial charge in [-0.25, -0.2) is 4.68 Å². The molecule has 0 saturated heterocycles. The number of aromatic nitrogens is 2. The fourth-order valence-electron chi connectivity index (χ4n) is 4.63. The molecule has 0 radical (unpaired) electrons. The fraction of sp³-hybridized carbons (Fsp3) is 0.333. The molecule has 3 aromatic rings. The molecule has 29 heavy (non-hydrogen) atoms. The first kappa shape index (κ1) is 18.0. The Morgan fingerprint density at radius 3 is 2.55 bits per heavy atom. The average Bonchev–Trinajstić information content (AvgIpc) is 3.29. The van der Waals surface area contributed by atoms with E-state index in [4.69, 9.17) is 5.10 Å².